The van der Waals surface area contributed by atoms with Crippen molar-refractivity contribution in [2.75, 3.05) is 26.2 Å². The van der Waals surface area contributed by atoms with E-state index in [1.54, 1.807) is 18.3 Å². The molecule has 0 saturated carbocycles. The van der Waals surface area contributed by atoms with Crippen molar-refractivity contribution in [1.82, 2.24) is 24.8 Å². The Labute approximate surface area is 256 Å². The number of fused-ring (bicyclic) bond motifs is 1. The Morgan fingerprint density at radius 1 is 0.791 bits per heavy atom. The van der Waals surface area contributed by atoms with Gasteiger partial charge in [0.25, 0.3) is 0 Å². The zero-order valence-electron chi connectivity index (χ0n) is 24.1. The number of ether oxygens (including phenoxy) is 1. The lowest BCUT2D eigenvalue weighted by molar-refractivity contribution is 0.122. The Hall–Kier alpha value is -4.67. The molecule has 0 N–H and O–H groups in total. The van der Waals surface area contributed by atoms with Crippen LogP contribution in [0.25, 0.3) is 10.2 Å². The van der Waals surface area contributed by atoms with Crippen LogP contribution in [0.4, 0.5) is 0 Å². The maximum absolute atomic E-state index is 9.88. The number of hydrogen-bond donors (Lipinski definition) is 0. The highest BCUT2D eigenvalue weighted by atomic mass is 32.1. The van der Waals surface area contributed by atoms with E-state index in [4.69, 9.17) is 10.00 Å². The van der Waals surface area contributed by atoms with Crippen LogP contribution in [-0.4, -0.2) is 50.9 Å². The summed E-state index contributed by atoms with van der Waals surface area (Å²) in [4.78, 5) is 18.5. The molecule has 1 atom stereocenters. The minimum absolute atomic E-state index is 0.260. The van der Waals surface area contributed by atoms with Gasteiger partial charge in [0.15, 0.2) is 0 Å². The largest absolute Gasteiger partial charge is 0.459 e. The van der Waals surface area contributed by atoms with E-state index in [1.807, 2.05) is 24.3 Å². The fraction of sp³-hybridized carbons (Fsp3) is 0.265. The predicted molar refractivity (Wildman–Crippen MR) is 168 cm³/mol. The summed E-state index contributed by atoms with van der Waals surface area (Å²) in [5, 5.41) is 17.9. The van der Waals surface area contributed by atoms with Crippen molar-refractivity contribution >= 4 is 21.6 Å². The highest BCUT2D eigenvalue weighted by Crippen LogP contribution is 2.31. The molecule has 9 heteroatoms. The molecule has 5 aromatic rings. The van der Waals surface area contributed by atoms with Crippen LogP contribution in [0.5, 0.6) is 6.01 Å². The highest BCUT2D eigenvalue weighted by Gasteiger charge is 2.21. The van der Waals surface area contributed by atoms with Crippen LogP contribution in [0.2, 0.25) is 0 Å². The molecule has 43 heavy (non-hydrogen) atoms. The van der Waals surface area contributed by atoms with Gasteiger partial charge in [0.1, 0.15) is 17.5 Å². The van der Waals surface area contributed by atoms with Crippen molar-refractivity contribution in [2.45, 2.75) is 32.5 Å². The molecule has 1 aliphatic heterocycles. The first kappa shape index (κ1) is 29.8. The quantitative estimate of drug-likeness (QED) is 0.202. The van der Waals surface area contributed by atoms with Crippen molar-refractivity contribution in [3.8, 4) is 18.1 Å². The number of nitriles is 2. The molecule has 0 radical (unpaired) electrons. The van der Waals surface area contributed by atoms with Crippen LogP contribution in [-0.2, 0) is 19.7 Å². The highest BCUT2D eigenvalue weighted by molar-refractivity contribution is 7.18. The van der Waals surface area contributed by atoms with Gasteiger partial charge in [0.05, 0.1) is 28.0 Å². The fourth-order valence-corrected chi connectivity index (χ4v) is 5.97. The van der Waals surface area contributed by atoms with Gasteiger partial charge in [-0.15, -0.1) is 11.3 Å². The third-order valence-electron chi connectivity index (χ3n) is 7.15. The normalized spacial score (nSPS) is 14.2. The molecule has 0 aliphatic carbocycles. The van der Waals surface area contributed by atoms with E-state index < -0.39 is 5.92 Å². The molecule has 3 aromatic carbocycles. The third kappa shape index (κ3) is 8.21. The Kier molecular flexibility index (Phi) is 10.4. The zero-order chi connectivity index (χ0) is 29.9. The smallest absolute Gasteiger partial charge is 0.316 e. The van der Waals surface area contributed by atoms with Gasteiger partial charge in [-0.25, -0.2) is 9.97 Å². The summed E-state index contributed by atoms with van der Waals surface area (Å²) in [6.45, 7) is 8.09. The Bertz CT molecular complexity index is 1650. The minimum Gasteiger partial charge on any atom is -0.459 e. The summed E-state index contributed by atoms with van der Waals surface area (Å²) in [5.41, 5.74) is 5.21. The Balaban J connectivity index is 0.00000118. The number of para-hydroxylation sites is 1. The zero-order valence-corrected chi connectivity index (χ0v) is 25.0. The monoisotopic (exact) mass is 587 g/mol. The molecule has 6 rings (SSSR count). The lowest BCUT2D eigenvalue weighted by Gasteiger charge is -2.34. The van der Waals surface area contributed by atoms with Gasteiger partial charge >= 0.3 is 6.01 Å². The molecular formula is C34H33N7OS. The molecular weight excluding hydrogens is 554 g/mol. The van der Waals surface area contributed by atoms with E-state index in [0.717, 1.165) is 60.1 Å². The van der Waals surface area contributed by atoms with Crippen LogP contribution in [0, 0.1) is 22.7 Å². The van der Waals surface area contributed by atoms with Crippen LogP contribution < -0.4 is 4.74 Å². The molecule has 2 aromatic heterocycles. The molecule has 3 heterocycles. The summed E-state index contributed by atoms with van der Waals surface area (Å²) >= 11 is 1.51. The van der Waals surface area contributed by atoms with E-state index in [9.17, 15) is 5.26 Å². The standard InChI is InChI=1S/C32H30N6OS.C2H3N/c33-20-27(31-35-29-8-4-5-9-30(29)40-31)28-14-15-34-32(36-28)39-23-26-12-10-25(11-13-26)22-38-18-16-37(17-19-38)21-24-6-2-1-3-7-24;1-2-3/h1-15,27H,16-19,21-23H2;1H3. The second kappa shape index (κ2) is 15.0. The van der Waals surface area contributed by atoms with Crippen molar-refractivity contribution in [1.29, 1.82) is 10.5 Å². The molecule has 8 nitrogen and oxygen atoms in total. The van der Waals surface area contributed by atoms with Crippen LogP contribution in [0.1, 0.15) is 40.2 Å². The van der Waals surface area contributed by atoms with E-state index >= 15 is 0 Å². The van der Waals surface area contributed by atoms with Crippen LogP contribution in [0.3, 0.4) is 0 Å². The number of thiazole rings is 1. The SMILES string of the molecule is CC#N.N#CC(c1ccnc(OCc2ccc(CN3CCN(Cc4ccccc4)CC3)cc2)n1)c1nc2ccccc2s1. The fourth-order valence-electron chi connectivity index (χ4n) is 4.94. The summed E-state index contributed by atoms with van der Waals surface area (Å²) in [5.74, 6) is -0.567. The van der Waals surface area contributed by atoms with E-state index in [-0.39, 0.29) is 6.01 Å². The minimum atomic E-state index is -0.567. The Morgan fingerprint density at radius 2 is 1.40 bits per heavy atom. The summed E-state index contributed by atoms with van der Waals surface area (Å²) in [6.07, 6.45) is 1.64. The molecule has 0 amide bonds. The number of aromatic nitrogens is 3. The van der Waals surface area contributed by atoms with Gasteiger partial charge in [-0.3, -0.25) is 9.80 Å². The van der Waals surface area contributed by atoms with Crippen LogP contribution >= 0.6 is 11.3 Å². The second-order valence-electron chi connectivity index (χ2n) is 10.2. The number of nitrogens with zero attached hydrogens (tertiary/aromatic N) is 7. The first-order chi connectivity index (χ1) is 21.1. The Morgan fingerprint density at radius 3 is 2.05 bits per heavy atom. The van der Waals surface area contributed by atoms with Gasteiger partial charge < -0.3 is 4.74 Å². The average Bonchev–Trinajstić information content (AvgIpc) is 3.47. The van der Waals surface area contributed by atoms with Gasteiger partial charge in [-0.05, 0) is 34.9 Å². The number of hydrogen-bond acceptors (Lipinski definition) is 9. The lowest BCUT2D eigenvalue weighted by atomic mass is 10.1. The third-order valence-corrected chi connectivity index (χ3v) is 8.25. The topological polar surface area (TPSA) is 102 Å². The van der Waals surface area contributed by atoms with Crippen LogP contribution in [0.15, 0.2) is 91.1 Å². The summed E-state index contributed by atoms with van der Waals surface area (Å²) in [7, 11) is 0. The molecule has 0 spiro atoms. The number of benzene rings is 3. The van der Waals surface area contributed by atoms with Gasteiger partial charge in [-0.2, -0.15) is 15.5 Å². The van der Waals surface area contributed by atoms with Crippen molar-refractivity contribution in [3.05, 3.63) is 119 Å². The molecule has 0 bridgehead atoms. The second-order valence-corrected chi connectivity index (χ2v) is 11.3. The molecule has 216 valence electrons. The van der Waals surface area contributed by atoms with Crippen molar-refractivity contribution in [3.63, 3.8) is 0 Å². The summed E-state index contributed by atoms with van der Waals surface area (Å²) < 4.78 is 6.96. The van der Waals surface area contributed by atoms with Gasteiger partial charge in [-0.1, -0.05) is 66.7 Å². The number of piperazine rings is 1. The lowest BCUT2D eigenvalue weighted by Crippen LogP contribution is -2.45. The molecule has 1 unspecified atom stereocenters. The predicted octanol–water partition coefficient (Wildman–Crippen LogP) is 6.17. The van der Waals surface area contributed by atoms with Crippen molar-refractivity contribution < 1.29 is 4.74 Å². The molecule has 1 fully saturated rings. The molecule has 1 aliphatic rings. The van der Waals surface area contributed by atoms with Crippen molar-refractivity contribution in [2.24, 2.45) is 0 Å². The first-order valence-corrected chi connectivity index (χ1v) is 15.0. The maximum atomic E-state index is 9.88. The van der Waals surface area contributed by atoms with Gasteiger partial charge in [0.2, 0.25) is 0 Å². The number of rotatable bonds is 9. The van der Waals surface area contributed by atoms with E-state index in [2.05, 4.69) is 85.4 Å². The molecule has 1 saturated heterocycles. The van der Waals surface area contributed by atoms with E-state index in [1.165, 1.54) is 29.4 Å². The first-order valence-electron chi connectivity index (χ1n) is 14.2. The van der Waals surface area contributed by atoms with E-state index in [0.29, 0.717) is 12.3 Å². The van der Waals surface area contributed by atoms with Gasteiger partial charge in [0, 0.05) is 52.4 Å². The summed E-state index contributed by atoms with van der Waals surface area (Å²) in [6, 6.07) is 33.2. The maximum Gasteiger partial charge on any atom is 0.316 e. The average molecular weight is 588 g/mol.